The molecule has 1 aliphatic heterocycles. The third-order valence-corrected chi connectivity index (χ3v) is 7.30. The van der Waals surface area contributed by atoms with E-state index in [1.165, 1.54) is 19.3 Å². The second-order valence-corrected chi connectivity index (χ2v) is 9.87. The van der Waals surface area contributed by atoms with Crippen LogP contribution in [0.4, 0.5) is 11.6 Å². The predicted molar refractivity (Wildman–Crippen MR) is 137 cm³/mol. The summed E-state index contributed by atoms with van der Waals surface area (Å²) >= 11 is 0. The second kappa shape index (κ2) is 10.6. The van der Waals surface area contributed by atoms with Gasteiger partial charge in [0.2, 0.25) is 11.8 Å². The molecule has 0 atom stereocenters. The maximum atomic E-state index is 13.2. The Hall–Kier alpha value is -3.62. The number of aromatic nitrogens is 3. The van der Waals surface area contributed by atoms with E-state index in [1.807, 2.05) is 55.1 Å². The van der Waals surface area contributed by atoms with Crippen LogP contribution in [-0.2, 0) is 11.3 Å². The fourth-order valence-corrected chi connectivity index (χ4v) is 5.32. The highest BCUT2D eigenvalue weighted by Crippen LogP contribution is 2.33. The van der Waals surface area contributed by atoms with E-state index in [-0.39, 0.29) is 18.4 Å². The molecule has 3 aromatic rings. The molecule has 2 amide bonds. The highest BCUT2D eigenvalue weighted by molar-refractivity contribution is 6.07. The molecule has 1 aromatic carbocycles. The van der Waals surface area contributed by atoms with Gasteiger partial charge < -0.3 is 14.3 Å². The number of amides is 2. The predicted octanol–water partition coefficient (Wildman–Crippen LogP) is 4.14. The Morgan fingerprint density at radius 1 is 1.03 bits per heavy atom. The summed E-state index contributed by atoms with van der Waals surface area (Å²) in [7, 11) is 0. The summed E-state index contributed by atoms with van der Waals surface area (Å²) in [6, 6.07) is 11.4. The van der Waals surface area contributed by atoms with Crippen molar-refractivity contribution in [3.05, 3.63) is 59.0 Å². The maximum absolute atomic E-state index is 13.2. The zero-order valence-corrected chi connectivity index (χ0v) is 21.1. The lowest BCUT2D eigenvalue weighted by Crippen LogP contribution is -2.50. The van der Waals surface area contributed by atoms with E-state index in [4.69, 9.17) is 4.52 Å². The van der Waals surface area contributed by atoms with Gasteiger partial charge in [-0.25, -0.2) is 0 Å². The number of rotatable bonds is 6. The van der Waals surface area contributed by atoms with E-state index in [9.17, 15) is 9.59 Å². The molecule has 1 saturated heterocycles. The molecule has 36 heavy (non-hydrogen) atoms. The van der Waals surface area contributed by atoms with Gasteiger partial charge in [0.05, 0.1) is 17.0 Å². The first kappa shape index (κ1) is 24.1. The van der Waals surface area contributed by atoms with Gasteiger partial charge in [0.15, 0.2) is 0 Å². The number of hydrogen-bond acceptors (Lipinski definition) is 6. The van der Waals surface area contributed by atoms with E-state index in [1.54, 1.807) is 4.68 Å². The van der Waals surface area contributed by atoms with Crippen molar-refractivity contribution in [3.8, 4) is 0 Å². The Morgan fingerprint density at radius 2 is 1.78 bits per heavy atom. The van der Waals surface area contributed by atoms with Crippen LogP contribution < -0.4 is 10.2 Å². The summed E-state index contributed by atoms with van der Waals surface area (Å²) in [4.78, 5) is 30.0. The molecule has 3 heterocycles. The molecule has 0 spiro atoms. The monoisotopic (exact) mass is 490 g/mol. The highest BCUT2D eigenvalue weighted by Gasteiger charge is 2.25. The van der Waals surface area contributed by atoms with Gasteiger partial charge in [-0.1, -0.05) is 36.6 Å². The molecule has 9 heteroatoms. The standard InChI is InChI=1S/C27H34N6O3/c1-19-16-20(2)33(29-19)18-26(34)32-14-12-31(13-15-32)24-11-7-6-10-22(24)27(35)28-25-17-23(30-36-25)21-8-4-3-5-9-21/h6-7,10-11,16-17,21H,3-5,8-9,12-15,18H2,1-2H3,(H,28,35). The number of benzene rings is 1. The molecule has 1 N–H and O–H groups in total. The number of nitrogens with one attached hydrogen (secondary N) is 1. The molecule has 1 aliphatic carbocycles. The average molecular weight is 491 g/mol. The second-order valence-electron chi connectivity index (χ2n) is 9.87. The van der Waals surface area contributed by atoms with Crippen molar-refractivity contribution in [2.24, 2.45) is 0 Å². The molecule has 9 nitrogen and oxygen atoms in total. The lowest BCUT2D eigenvalue weighted by molar-refractivity contribution is -0.132. The van der Waals surface area contributed by atoms with Gasteiger partial charge in [-0.15, -0.1) is 0 Å². The summed E-state index contributed by atoms with van der Waals surface area (Å²) in [5.41, 5.74) is 4.26. The van der Waals surface area contributed by atoms with Crippen LogP contribution >= 0.6 is 0 Å². The average Bonchev–Trinajstić information content (AvgIpc) is 3.49. The summed E-state index contributed by atoms with van der Waals surface area (Å²) in [5, 5.41) is 11.5. The Labute approximate surface area is 211 Å². The number of piperazine rings is 1. The lowest BCUT2D eigenvalue weighted by Gasteiger charge is -2.36. The summed E-state index contributed by atoms with van der Waals surface area (Å²) < 4.78 is 7.20. The van der Waals surface area contributed by atoms with Gasteiger partial charge in [0, 0.05) is 49.5 Å². The van der Waals surface area contributed by atoms with Crippen LogP contribution in [0.5, 0.6) is 0 Å². The van der Waals surface area contributed by atoms with Crippen LogP contribution in [0.3, 0.4) is 0 Å². The minimum absolute atomic E-state index is 0.0611. The van der Waals surface area contributed by atoms with Crippen molar-refractivity contribution in [2.45, 2.75) is 58.4 Å². The molecule has 1 saturated carbocycles. The molecule has 5 rings (SSSR count). The largest absolute Gasteiger partial charge is 0.367 e. The first-order chi connectivity index (χ1) is 17.5. The number of carbonyl (C=O) groups is 2. The maximum Gasteiger partial charge on any atom is 0.260 e. The minimum Gasteiger partial charge on any atom is -0.367 e. The highest BCUT2D eigenvalue weighted by atomic mass is 16.5. The molecule has 2 aromatic heterocycles. The molecule has 190 valence electrons. The van der Waals surface area contributed by atoms with Crippen molar-refractivity contribution < 1.29 is 14.1 Å². The van der Waals surface area contributed by atoms with Crippen molar-refractivity contribution in [3.63, 3.8) is 0 Å². The van der Waals surface area contributed by atoms with Gasteiger partial charge >= 0.3 is 0 Å². The summed E-state index contributed by atoms with van der Waals surface area (Å²) in [6.45, 7) is 6.64. The number of aryl methyl sites for hydroxylation is 2. The smallest absolute Gasteiger partial charge is 0.260 e. The van der Waals surface area contributed by atoms with Gasteiger partial charge in [0.1, 0.15) is 6.54 Å². The van der Waals surface area contributed by atoms with Gasteiger partial charge in [-0.05, 0) is 44.9 Å². The van der Waals surface area contributed by atoms with Crippen molar-refractivity contribution in [2.75, 3.05) is 36.4 Å². The van der Waals surface area contributed by atoms with Crippen molar-refractivity contribution in [1.29, 1.82) is 0 Å². The first-order valence-corrected chi connectivity index (χ1v) is 12.9. The molecule has 0 bridgehead atoms. The number of anilines is 2. The van der Waals surface area contributed by atoms with Crippen LogP contribution in [0.15, 0.2) is 40.9 Å². The number of hydrogen-bond donors (Lipinski definition) is 1. The summed E-state index contributed by atoms with van der Waals surface area (Å²) in [5.74, 6) is 0.640. The van der Waals surface area contributed by atoms with E-state index in [0.717, 1.165) is 35.6 Å². The first-order valence-electron chi connectivity index (χ1n) is 12.9. The summed E-state index contributed by atoms with van der Waals surface area (Å²) in [6.07, 6.45) is 5.96. The van der Waals surface area contributed by atoms with Crippen molar-refractivity contribution in [1.82, 2.24) is 19.8 Å². The molecule has 2 fully saturated rings. The van der Waals surface area contributed by atoms with E-state index < -0.39 is 0 Å². The van der Waals surface area contributed by atoms with Crippen LogP contribution in [0.2, 0.25) is 0 Å². The lowest BCUT2D eigenvalue weighted by atomic mass is 9.87. The molecule has 0 unspecified atom stereocenters. The molecular formula is C27H34N6O3. The van der Waals surface area contributed by atoms with Crippen LogP contribution in [0.25, 0.3) is 0 Å². The van der Waals surface area contributed by atoms with Gasteiger partial charge in [-0.3, -0.25) is 19.6 Å². The zero-order valence-electron chi connectivity index (χ0n) is 21.1. The van der Waals surface area contributed by atoms with Gasteiger partial charge in [0.25, 0.3) is 5.91 Å². The Morgan fingerprint density at radius 3 is 2.50 bits per heavy atom. The molecule has 0 radical (unpaired) electrons. The fraction of sp³-hybridized carbons (Fsp3) is 0.481. The topological polar surface area (TPSA) is 96.5 Å². The Kier molecular flexibility index (Phi) is 7.06. The van der Waals surface area contributed by atoms with Crippen molar-refractivity contribution >= 4 is 23.4 Å². The quantitative estimate of drug-likeness (QED) is 0.558. The normalized spacial score (nSPS) is 16.8. The van der Waals surface area contributed by atoms with Gasteiger partial charge in [-0.2, -0.15) is 5.10 Å². The zero-order chi connectivity index (χ0) is 25.1. The minimum atomic E-state index is -0.222. The SMILES string of the molecule is Cc1cc(C)n(CC(=O)N2CCN(c3ccccc3C(=O)Nc3cc(C4CCCCC4)no3)CC2)n1. The number of nitrogens with zero attached hydrogens (tertiary/aromatic N) is 5. The Balaban J connectivity index is 1.20. The fourth-order valence-electron chi connectivity index (χ4n) is 5.32. The van der Waals surface area contributed by atoms with E-state index >= 15 is 0 Å². The van der Waals surface area contributed by atoms with Crippen LogP contribution in [-0.4, -0.2) is 57.8 Å². The molecule has 2 aliphatic rings. The van der Waals surface area contributed by atoms with Crippen LogP contribution in [0, 0.1) is 13.8 Å². The Bertz CT molecular complexity index is 1220. The number of para-hydroxylation sites is 1. The van der Waals surface area contributed by atoms with E-state index in [2.05, 4.69) is 20.5 Å². The third-order valence-electron chi connectivity index (χ3n) is 7.30. The molecular weight excluding hydrogens is 456 g/mol. The van der Waals surface area contributed by atoms with Crippen LogP contribution in [0.1, 0.15) is 65.5 Å². The third kappa shape index (κ3) is 5.29. The van der Waals surface area contributed by atoms with E-state index in [0.29, 0.717) is 43.5 Å². The number of carbonyl (C=O) groups excluding carboxylic acids is 2.